The molecule has 176 valence electrons. The summed E-state index contributed by atoms with van der Waals surface area (Å²) in [6, 6.07) is 15.2. The van der Waals surface area contributed by atoms with E-state index in [2.05, 4.69) is 46.2 Å². The molecule has 2 aromatic carbocycles. The molecule has 1 aromatic heterocycles. The van der Waals surface area contributed by atoms with Gasteiger partial charge in [-0.25, -0.2) is 13.8 Å². The number of hydrogen-bond donors (Lipinski definition) is 3. The quantitative estimate of drug-likeness (QED) is 0.444. The van der Waals surface area contributed by atoms with E-state index in [0.29, 0.717) is 5.56 Å². The second-order valence-electron chi connectivity index (χ2n) is 7.75. The van der Waals surface area contributed by atoms with Crippen LogP contribution in [0.2, 0.25) is 0 Å². The van der Waals surface area contributed by atoms with Crippen LogP contribution in [0.15, 0.2) is 59.7 Å². The van der Waals surface area contributed by atoms with Gasteiger partial charge in [0, 0.05) is 11.1 Å². The Morgan fingerprint density at radius 2 is 1.65 bits per heavy atom. The molecule has 3 rings (SSSR count). The van der Waals surface area contributed by atoms with Crippen molar-refractivity contribution in [2.24, 2.45) is 0 Å². The Morgan fingerprint density at radius 3 is 2.21 bits per heavy atom. The zero-order chi connectivity index (χ0) is 24.5. The van der Waals surface area contributed by atoms with E-state index in [-0.39, 0.29) is 12.1 Å². The van der Waals surface area contributed by atoms with Crippen LogP contribution in [0.1, 0.15) is 47.2 Å². The van der Waals surface area contributed by atoms with Crippen LogP contribution in [-0.2, 0) is 17.6 Å². The Hall–Kier alpha value is -3.99. The van der Waals surface area contributed by atoms with Gasteiger partial charge >= 0.3 is 0 Å². The Balaban J connectivity index is 1.77. The summed E-state index contributed by atoms with van der Waals surface area (Å²) in [4.78, 5) is 30.4. The Kier molecular flexibility index (Phi) is 8.52. The summed E-state index contributed by atoms with van der Waals surface area (Å²) < 4.78 is 25.2. The number of hydrogen-bond acceptors (Lipinski definition) is 4. The summed E-state index contributed by atoms with van der Waals surface area (Å²) in [6.45, 7) is 1.29. The number of alkyl halides is 2. The number of carbonyl (C=O) groups is 1. The Morgan fingerprint density at radius 1 is 1.06 bits per heavy atom. The second kappa shape index (κ2) is 11.8. The van der Waals surface area contributed by atoms with E-state index in [4.69, 9.17) is 0 Å². The van der Waals surface area contributed by atoms with E-state index in [1.165, 1.54) is 5.56 Å². The monoisotopic (exact) mass is 465 g/mol. The highest BCUT2D eigenvalue weighted by molar-refractivity contribution is 5.84. The van der Waals surface area contributed by atoms with Crippen LogP contribution in [0.5, 0.6) is 5.75 Å². The molecule has 3 aromatic rings. The minimum atomic E-state index is -2.73. The minimum Gasteiger partial charge on any atom is -0.502 e. The van der Waals surface area contributed by atoms with Gasteiger partial charge in [0.1, 0.15) is 5.69 Å². The molecule has 8 heteroatoms. The van der Waals surface area contributed by atoms with Gasteiger partial charge in [0.25, 0.3) is 12.0 Å². The van der Waals surface area contributed by atoms with Gasteiger partial charge in [-0.05, 0) is 48.2 Å². The van der Waals surface area contributed by atoms with Gasteiger partial charge in [-0.15, -0.1) is 0 Å². The Labute approximate surface area is 196 Å². The number of rotatable bonds is 8. The van der Waals surface area contributed by atoms with Crippen molar-refractivity contribution in [2.75, 3.05) is 6.54 Å². The third-order valence-electron chi connectivity index (χ3n) is 5.17. The number of nitrogens with zero attached hydrogens (tertiary/aromatic N) is 1. The van der Waals surface area contributed by atoms with Crippen LogP contribution in [0.4, 0.5) is 8.78 Å². The maximum absolute atomic E-state index is 12.6. The number of amides is 1. The highest BCUT2D eigenvalue weighted by Crippen LogP contribution is 2.24. The first-order chi connectivity index (χ1) is 16.4. The molecule has 0 fully saturated rings. The standard InChI is InChI=1S/C26H25F2N3O3/c1-2-3-17-4-6-18(7-5-17)8-9-19-10-12-20(13-11-19)14-21(25(33)29-15-22(27)28)23-24(32)26(34)31-16-30-23/h4-7,10-13,16,21-22,32H,2-3,14-15H2,1H3,(H,29,33)(H,30,31,34). The first kappa shape index (κ1) is 24.6. The largest absolute Gasteiger partial charge is 0.502 e. The number of aryl methyl sites for hydroxylation is 1. The number of carbonyl (C=O) groups excluding carboxylic acids is 1. The van der Waals surface area contributed by atoms with Crippen LogP contribution in [0.3, 0.4) is 0 Å². The number of benzene rings is 2. The molecular formula is C26H25F2N3O3. The van der Waals surface area contributed by atoms with Gasteiger partial charge < -0.3 is 15.4 Å². The molecule has 1 amide bonds. The summed E-state index contributed by atoms with van der Waals surface area (Å²) in [5, 5.41) is 12.2. The third-order valence-corrected chi connectivity index (χ3v) is 5.17. The molecule has 1 unspecified atom stereocenters. The predicted molar refractivity (Wildman–Crippen MR) is 125 cm³/mol. The van der Waals surface area contributed by atoms with Gasteiger partial charge in [-0.1, -0.05) is 49.5 Å². The van der Waals surface area contributed by atoms with Crippen molar-refractivity contribution in [3.05, 3.63) is 93.2 Å². The number of halogens is 2. The van der Waals surface area contributed by atoms with Crippen LogP contribution in [0.25, 0.3) is 0 Å². The van der Waals surface area contributed by atoms with E-state index in [9.17, 15) is 23.5 Å². The number of nitrogens with one attached hydrogen (secondary N) is 2. The van der Waals surface area contributed by atoms with E-state index < -0.39 is 36.1 Å². The molecule has 0 saturated heterocycles. The van der Waals surface area contributed by atoms with Crippen LogP contribution >= 0.6 is 0 Å². The topological polar surface area (TPSA) is 95.1 Å². The lowest BCUT2D eigenvalue weighted by atomic mass is 9.94. The lowest BCUT2D eigenvalue weighted by molar-refractivity contribution is -0.123. The fourth-order valence-corrected chi connectivity index (χ4v) is 3.42. The number of aromatic hydroxyl groups is 1. The third kappa shape index (κ3) is 6.75. The van der Waals surface area contributed by atoms with Crippen molar-refractivity contribution >= 4 is 5.91 Å². The van der Waals surface area contributed by atoms with E-state index >= 15 is 0 Å². The molecule has 0 saturated carbocycles. The van der Waals surface area contributed by atoms with Crippen molar-refractivity contribution in [2.45, 2.75) is 38.5 Å². The van der Waals surface area contributed by atoms with Crippen molar-refractivity contribution in [3.8, 4) is 17.6 Å². The molecule has 34 heavy (non-hydrogen) atoms. The highest BCUT2D eigenvalue weighted by Gasteiger charge is 2.27. The summed E-state index contributed by atoms with van der Waals surface area (Å²) >= 11 is 0. The van der Waals surface area contributed by atoms with E-state index in [0.717, 1.165) is 30.3 Å². The molecular weight excluding hydrogens is 440 g/mol. The molecule has 0 aliphatic rings. The summed E-state index contributed by atoms with van der Waals surface area (Å²) in [6.07, 6.45) is 0.485. The smallest absolute Gasteiger partial charge is 0.293 e. The van der Waals surface area contributed by atoms with E-state index in [1.54, 1.807) is 24.3 Å². The average molecular weight is 466 g/mol. The molecule has 0 aliphatic carbocycles. The van der Waals surface area contributed by atoms with Crippen LogP contribution in [0, 0.1) is 11.8 Å². The van der Waals surface area contributed by atoms with Crippen molar-refractivity contribution < 1.29 is 18.7 Å². The molecule has 1 heterocycles. The summed E-state index contributed by atoms with van der Waals surface area (Å²) in [7, 11) is 0. The van der Waals surface area contributed by atoms with Crippen molar-refractivity contribution in [1.82, 2.24) is 15.3 Å². The van der Waals surface area contributed by atoms with Crippen molar-refractivity contribution in [3.63, 3.8) is 0 Å². The highest BCUT2D eigenvalue weighted by atomic mass is 19.3. The van der Waals surface area contributed by atoms with Gasteiger partial charge in [-0.2, -0.15) is 0 Å². The molecule has 6 nitrogen and oxygen atoms in total. The molecule has 1 atom stereocenters. The Bertz CT molecular complexity index is 1230. The lowest BCUT2D eigenvalue weighted by Gasteiger charge is -2.17. The fraction of sp³-hybridized carbons (Fsp3) is 0.269. The number of aromatic nitrogens is 2. The first-order valence-electron chi connectivity index (χ1n) is 10.9. The van der Waals surface area contributed by atoms with Gasteiger partial charge in [-0.3, -0.25) is 9.59 Å². The van der Waals surface area contributed by atoms with E-state index in [1.807, 2.05) is 12.1 Å². The van der Waals surface area contributed by atoms with Crippen LogP contribution < -0.4 is 10.9 Å². The lowest BCUT2D eigenvalue weighted by Crippen LogP contribution is -2.34. The zero-order valence-electron chi connectivity index (χ0n) is 18.6. The van der Waals surface area contributed by atoms with Gasteiger partial charge in [0.2, 0.25) is 11.7 Å². The molecule has 0 spiro atoms. The maximum atomic E-state index is 12.6. The fourth-order valence-electron chi connectivity index (χ4n) is 3.42. The molecule has 0 bridgehead atoms. The predicted octanol–water partition coefficient (Wildman–Crippen LogP) is 3.54. The van der Waals surface area contributed by atoms with Crippen molar-refractivity contribution in [1.29, 1.82) is 0 Å². The number of aromatic amines is 1. The SMILES string of the molecule is CCCc1ccc(C#Cc2ccc(CC(C(=O)NCC(F)F)c3nc[nH]c(=O)c3O)cc2)cc1. The summed E-state index contributed by atoms with van der Waals surface area (Å²) in [5.41, 5.74) is 2.63. The maximum Gasteiger partial charge on any atom is 0.293 e. The molecule has 0 radical (unpaired) electrons. The molecule has 3 N–H and O–H groups in total. The van der Waals surface area contributed by atoms with Gasteiger partial charge in [0.15, 0.2) is 0 Å². The normalized spacial score (nSPS) is 11.5. The zero-order valence-corrected chi connectivity index (χ0v) is 18.6. The first-order valence-corrected chi connectivity index (χ1v) is 10.9. The average Bonchev–Trinajstić information content (AvgIpc) is 2.83. The second-order valence-corrected chi connectivity index (χ2v) is 7.75. The van der Waals surface area contributed by atoms with Gasteiger partial charge in [0.05, 0.1) is 18.8 Å². The summed E-state index contributed by atoms with van der Waals surface area (Å²) in [5.74, 6) is 3.59. The van der Waals surface area contributed by atoms with Crippen LogP contribution in [-0.4, -0.2) is 34.0 Å². The molecule has 0 aliphatic heterocycles. The number of H-pyrrole nitrogens is 1. The minimum absolute atomic E-state index is 0.0473.